The van der Waals surface area contributed by atoms with Crippen LogP contribution in [0.15, 0.2) is 114 Å². The molecule has 228 valence electrons. The molecule has 1 unspecified atom stereocenters. The monoisotopic (exact) mass is 630 g/mol. The van der Waals surface area contributed by atoms with Gasteiger partial charge in [0.2, 0.25) is 17.0 Å². The summed E-state index contributed by atoms with van der Waals surface area (Å²) in [6.07, 6.45) is -0.0504. The molecule has 5 aromatic rings. The Morgan fingerprint density at radius 3 is 2.02 bits per heavy atom. The second-order valence-corrected chi connectivity index (χ2v) is 11.3. The van der Waals surface area contributed by atoms with Gasteiger partial charge in [-0.3, -0.25) is 14.4 Å². The Morgan fingerprint density at radius 1 is 0.783 bits per heavy atom. The molecule has 11 heteroatoms. The summed E-state index contributed by atoms with van der Waals surface area (Å²) in [7, 11) is 1.52. The molecule has 1 aliphatic heterocycles. The van der Waals surface area contributed by atoms with E-state index in [1.807, 2.05) is 60.7 Å². The second kappa shape index (κ2) is 13.5. The largest absolute Gasteiger partial charge is 0.497 e. The molecule has 1 aliphatic rings. The fourth-order valence-electron chi connectivity index (χ4n) is 4.86. The second-order valence-electron chi connectivity index (χ2n) is 10.2. The molecule has 1 atom stereocenters. The fourth-order valence-corrected chi connectivity index (χ4v) is 5.78. The normalized spacial score (nSPS) is 14.3. The minimum Gasteiger partial charge on any atom is -0.497 e. The molecule has 2 amide bonds. The average molecular weight is 631 g/mol. The molecule has 0 bridgehead atoms. The number of Topliss-reactive ketones (excluding diaryl/α,β-unsaturated/α-hetero) is 1. The van der Waals surface area contributed by atoms with E-state index in [-0.39, 0.29) is 28.8 Å². The lowest BCUT2D eigenvalue weighted by Gasteiger charge is -2.15. The quantitative estimate of drug-likeness (QED) is 0.108. The molecule has 0 aliphatic carbocycles. The van der Waals surface area contributed by atoms with Gasteiger partial charge in [-0.15, -0.1) is 10.2 Å². The maximum Gasteiger partial charge on any atom is 0.338 e. The minimum absolute atomic E-state index is 0.0504. The smallest absolute Gasteiger partial charge is 0.338 e. The fraction of sp³-hybridized carbons (Fsp3) is 0.114. The maximum absolute atomic E-state index is 13.4. The van der Waals surface area contributed by atoms with Crippen LogP contribution in [0.25, 0.3) is 22.5 Å². The maximum atomic E-state index is 13.4. The first-order valence-corrected chi connectivity index (χ1v) is 15.1. The van der Waals surface area contributed by atoms with Crippen molar-refractivity contribution in [2.75, 3.05) is 18.6 Å². The van der Waals surface area contributed by atoms with E-state index in [4.69, 9.17) is 14.5 Å². The molecule has 4 aromatic carbocycles. The molecule has 1 aromatic heterocycles. The highest BCUT2D eigenvalue weighted by Gasteiger charge is 2.41. The lowest BCUT2D eigenvalue weighted by molar-refractivity contribution is -0.121. The van der Waals surface area contributed by atoms with Gasteiger partial charge in [-0.05, 0) is 48.5 Å². The summed E-state index contributed by atoms with van der Waals surface area (Å²) in [5, 5.41) is 8.26. The van der Waals surface area contributed by atoms with E-state index in [9.17, 15) is 19.2 Å². The molecule has 46 heavy (non-hydrogen) atoms. The first-order valence-electron chi connectivity index (χ1n) is 14.2. The van der Waals surface area contributed by atoms with Crippen LogP contribution >= 0.6 is 11.8 Å². The Labute approximate surface area is 268 Å². The predicted octanol–water partition coefficient (Wildman–Crippen LogP) is 5.68. The summed E-state index contributed by atoms with van der Waals surface area (Å²) in [5.41, 5.74) is 3.79. The van der Waals surface area contributed by atoms with E-state index in [1.54, 1.807) is 24.3 Å². The Balaban J connectivity index is 1.13. The van der Waals surface area contributed by atoms with Crippen LogP contribution < -0.4 is 9.64 Å². The van der Waals surface area contributed by atoms with Crippen LogP contribution in [0.1, 0.15) is 27.1 Å². The Kier molecular flexibility index (Phi) is 8.93. The number of ether oxygens (including phenoxy) is 2. The van der Waals surface area contributed by atoms with Gasteiger partial charge in [-0.1, -0.05) is 72.4 Å². The molecule has 1 saturated heterocycles. The summed E-state index contributed by atoms with van der Waals surface area (Å²) >= 11 is 1.08. The molecule has 0 N–H and O–H groups in total. The molecule has 6 rings (SSSR count). The molecule has 0 saturated carbocycles. The van der Waals surface area contributed by atoms with Crippen molar-refractivity contribution in [1.29, 1.82) is 0 Å². The number of thioether (sulfide) groups is 1. The number of hydrogen-bond acceptors (Lipinski definition) is 10. The number of imide groups is 1. The van der Waals surface area contributed by atoms with Crippen molar-refractivity contribution >= 4 is 41.0 Å². The van der Waals surface area contributed by atoms with Crippen LogP contribution in [-0.2, 0) is 14.3 Å². The number of aromatic nitrogens is 3. The van der Waals surface area contributed by atoms with Crippen LogP contribution in [0.3, 0.4) is 0 Å². The molecule has 0 spiro atoms. The zero-order valence-electron chi connectivity index (χ0n) is 24.5. The van der Waals surface area contributed by atoms with Gasteiger partial charge >= 0.3 is 5.97 Å². The van der Waals surface area contributed by atoms with Crippen molar-refractivity contribution in [2.24, 2.45) is 0 Å². The van der Waals surface area contributed by atoms with E-state index >= 15 is 0 Å². The molecule has 2 heterocycles. The van der Waals surface area contributed by atoms with Crippen LogP contribution in [-0.4, -0.2) is 57.7 Å². The number of carbonyl (C=O) groups is 4. The standard InChI is InChI=1S/C35H26N4O6S/c1-44-27-18-14-22(15-19-27)28(40)21-45-34(43)25-12-16-26(17-13-25)39-30(41)20-29(33(39)42)46-35-36-31(23-8-4-2-5-9-23)32(37-38-35)24-10-6-3-7-11-24/h2-19,29H,20-21H2,1H3. The molecule has 10 nitrogen and oxygen atoms in total. The lowest BCUT2D eigenvalue weighted by Crippen LogP contribution is -2.31. The molecule has 0 radical (unpaired) electrons. The highest BCUT2D eigenvalue weighted by molar-refractivity contribution is 8.00. The third kappa shape index (κ3) is 6.54. The van der Waals surface area contributed by atoms with Gasteiger partial charge in [0.15, 0.2) is 12.4 Å². The first-order chi connectivity index (χ1) is 22.4. The first kappa shape index (κ1) is 30.4. The highest BCUT2D eigenvalue weighted by Crippen LogP contribution is 2.35. The number of anilines is 1. The van der Waals surface area contributed by atoms with Gasteiger partial charge in [-0.25, -0.2) is 14.7 Å². The van der Waals surface area contributed by atoms with Gasteiger partial charge < -0.3 is 9.47 Å². The number of nitrogens with zero attached hydrogens (tertiary/aromatic N) is 4. The van der Waals surface area contributed by atoms with Crippen molar-refractivity contribution in [3.63, 3.8) is 0 Å². The molecule has 1 fully saturated rings. The van der Waals surface area contributed by atoms with E-state index in [0.29, 0.717) is 28.4 Å². The van der Waals surface area contributed by atoms with Crippen LogP contribution in [0, 0.1) is 0 Å². The third-order valence-electron chi connectivity index (χ3n) is 7.22. The van der Waals surface area contributed by atoms with Gasteiger partial charge in [0.05, 0.1) is 18.4 Å². The Bertz CT molecular complexity index is 1900. The van der Waals surface area contributed by atoms with Gasteiger partial charge in [0, 0.05) is 23.1 Å². The van der Waals surface area contributed by atoms with E-state index in [0.717, 1.165) is 27.8 Å². The van der Waals surface area contributed by atoms with Crippen molar-refractivity contribution in [3.8, 4) is 28.3 Å². The van der Waals surface area contributed by atoms with Crippen molar-refractivity contribution in [3.05, 3.63) is 120 Å². The zero-order valence-corrected chi connectivity index (χ0v) is 25.3. The predicted molar refractivity (Wildman–Crippen MR) is 172 cm³/mol. The highest BCUT2D eigenvalue weighted by atomic mass is 32.2. The number of rotatable bonds is 10. The topological polar surface area (TPSA) is 129 Å². The molecular weight excluding hydrogens is 604 g/mol. The van der Waals surface area contributed by atoms with Crippen LogP contribution in [0.2, 0.25) is 0 Å². The number of hydrogen-bond donors (Lipinski definition) is 0. The van der Waals surface area contributed by atoms with Gasteiger partial charge in [-0.2, -0.15) is 0 Å². The number of benzene rings is 4. The van der Waals surface area contributed by atoms with Crippen LogP contribution in [0.5, 0.6) is 5.75 Å². The Hall–Kier alpha value is -5.68. The van der Waals surface area contributed by atoms with Gasteiger partial charge in [0.25, 0.3) is 0 Å². The third-order valence-corrected chi connectivity index (χ3v) is 8.26. The summed E-state index contributed by atoms with van der Waals surface area (Å²) in [6.45, 7) is -0.440. The number of esters is 1. The summed E-state index contributed by atoms with van der Waals surface area (Å²) in [5.74, 6) is -1.28. The minimum atomic E-state index is -0.755. The summed E-state index contributed by atoms with van der Waals surface area (Å²) in [6, 6.07) is 31.5. The Morgan fingerprint density at radius 2 is 1.39 bits per heavy atom. The van der Waals surface area contributed by atoms with Crippen molar-refractivity contribution in [2.45, 2.75) is 16.8 Å². The van der Waals surface area contributed by atoms with E-state index < -0.39 is 23.7 Å². The molecular formula is C35H26N4O6S. The zero-order chi connectivity index (χ0) is 32.0. The number of methoxy groups -OCH3 is 1. The van der Waals surface area contributed by atoms with Crippen molar-refractivity contribution in [1.82, 2.24) is 15.2 Å². The number of carbonyl (C=O) groups excluding carboxylic acids is 4. The van der Waals surface area contributed by atoms with Crippen molar-refractivity contribution < 1.29 is 28.7 Å². The average Bonchev–Trinajstić information content (AvgIpc) is 3.39. The summed E-state index contributed by atoms with van der Waals surface area (Å²) < 4.78 is 10.3. The summed E-state index contributed by atoms with van der Waals surface area (Å²) in [4.78, 5) is 57.2. The number of amides is 2. The van der Waals surface area contributed by atoms with Gasteiger partial charge in [0.1, 0.15) is 22.4 Å². The SMILES string of the molecule is COc1ccc(C(=O)COC(=O)c2ccc(N3C(=O)CC(Sc4nnc(-c5ccccc5)c(-c5ccccc5)n4)C3=O)cc2)cc1. The van der Waals surface area contributed by atoms with E-state index in [2.05, 4.69) is 10.2 Å². The van der Waals surface area contributed by atoms with E-state index in [1.165, 1.54) is 31.4 Å². The lowest BCUT2D eigenvalue weighted by atomic mass is 10.0. The van der Waals surface area contributed by atoms with Crippen LogP contribution in [0.4, 0.5) is 5.69 Å². The number of ketones is 1.